The zero-order valence-corrected chi connectivity index (χ0v) is 18.5. The molecule has 5 nitrogen and oxygen atoms in total. The van der Waals surface area contributed by atoms with Crippen LogP contribution in [0.15, 0.2) is 47.4 Å². The summed E-state index contributed by atoms with van der Waals surface area (Å²) in [6.45, 7) is 4.42. The molecule has 0 aliphatic heterocycles. The van der Waals surface area contributed by atoms with Gasteiger partial charge in [0.15, 0.2) is 0 Å². The average Bonchev–Trinajstić information content (AvgIpc) is 2.71. The van der Waals surface area contributed by atoms with Gasteiger partial charge in [0.1, 0.15) is 0 Å². The molecule has 1 aromatic rings. The number of methoxy groups -OCH3 is 1. The quantitative estimate of drug-likeness (QED) is 0.365. The fourth-order valence-corrected chi connectivity index (χ4v) is 6.89. The molecule has 29 heavy (non-hydrogen) atoms. The SMILES string of the molecule is COC(=O)CCCC=CC[C@@H]1CC[C@@H]2C[C@@]1(NS(=O)(=O)c1ccccc1)C2(C)C. The van der Waals surface area contributed by atoms with Gasteiger partial charge in [-0.25, -0.2) is 13.1 Å². The lowest BCUT2D eigenvalue weighted by Gasteiger charge is -2.68. The maximum absolute atomic E-state index is 13.1. The molecular formula is C23H33NO4S. The van der Waals surface area contributed by atoms with Gasteiger partial charge in [-0.1, -0.05) is 44.2 Å². The van der Waals surface area contributed by atoms with Crippen molar-refractivity contribution in [3.63, 3.8) is 0 Å². The summed E-state index contributed by atoms with van der Waals surface area (Å²) in [5.74, 6) is 0.668. The molecule has 3 atom stereocenters. The summed E-state index contributed by atoms with van der Waals surface area (Å²) in [7, 11) is -2.15. The van der Waals surface area contributed by atoms with E-state index in [1.807, 2.05) is 6.07 Å². The van der Waals surface area contributed by atoms with Crippen molar-refractivity contribution >= 4 is 16.0 Å². The Hall–Kier alpha value is -1.66. The minimum Gasteiger partial charge on any atom is -0.469 e. The number of rotatable bonds is 9. The number of hydrogen-bond donors (Lipinski definition) is 1. The van der Waals surface area contributed by atoms with E-state index < -0.39 is 15.6 Å². The molecule has 3 saturated carbocycles. The summed E-state index contributed by atoms with van der Waals surface area (Å²) in [6.07, 6.45) is 10.3. The first-order valence-electron chi connectivity index (χ1n) is 10.5. The number of allylic oxidation sites excluding steroid dienone is 2. The number of esters is 1. The Bertz CT molecular complexity index is 847. The summed E-state index contributed by atoms with van der Waals surface area (Å²) < 4.78 is 34.0. The van der Waals surface area contributed by atoms with E-state index in [1.165, 1.54) is 7.11 Å². The van der Waals surface area contributed by atoms with Crippen LogP contribution in [0.4, 0.5) is 0 Å². The van der Waals surface area contributed by atoms with Gasteiger partial charge in [-0.15, -0.1) is 0 Å². The predicted molar refractivity (Wildman–Crippen MR) is 114 cm³/mol. The van der Waals surface area contributed by atoms with E-state index >= 15 is 0 Å². The summed E-state index contributed by atoms with van der Waals surface area (Å²) in [4.78, 5) is 11.5. The van der Waals surface area contributed by atoms with Crippen LogP contribution in [0.5, 0.6) is 0 Å². The summed E-state index contributed by atoms with van der Waals surface area (Å²) >= 11 is 0. The van der Waals surface area contributed by atoms with E-state index in [-0.39, 0.29) is 17.3 Å². The number of carbonyl (C=O) groups excluding carboxylic acids is 1. The molecule has 0 unspecified atom stereocenters. The molecule has 0 heterocycles. The number of nitrogens with one attached hydrogen (secondary N) is 1. The zero-order chi connectivity index (χ0) is 21.1. The lowest BCUT2D eigenvalue weighted by Crippen LogP contribution is -2.75. The van der Waals surface area contributed by atoms with Crippen LogP contribution in [0.25, 0.3) is 0 Å². The lowest BCUT2D eigenvalue weighted by molar-refractivity contribution is -0.140. The van der Waals surface area contributed by atoms with Gasteiger partial charge in [0, 0.05) is 12.0 Å². The second-order valence-corrected chi connectivity index (χ2v) is 10.6. The van der Waals surface area contributed by atoms with Crippen molar-refractivity contribution in [3.8, 4) is 0 Å². The van der Waals surface area contributed by atoms with Crippen LogP contribution in [0.2, 0.25) is 0 Å². The van der Waals surface area contributed by atoms with Crippen molar-refractivity contribution in [1.29, 1.82) is 0 Å². The smallest absolute Gasteiger partial charge is 0.305 e. The third kappa shape index (κ3) is 4.29. The molecular weight excluding hydrogens is 386 g/mol. The van der Waals surface area contributed by atoms with Crippen molar-refractivity contribution < 1.29 is 17.9 Å². The molecule has 1 aromatic carbocycles. The fourth-order valence-electron chi connectivity index (χ4n) is 5.26. The average molecular weight is 420 g/mol. The Labute approximate surface area is 175 Å². The van der Waals surface area contributed by atoms with E-state index in [9.17, 15) is 13.2 Å². The van der Waals surface area contributed by atoms with E-state index in [2.05, 4.69) is 35.5 Å². The molecule has 160 valence electrons. The molecule has 6 heteroatoms. The Morgan fingerprint density at radius 2 is 1.93 bits per heavy atom. The van der Waals surface area contributed by atoms with Crippen LogP contribution in [0, 0.1) is 17.3 Å². The van der Waals surface area contributed by atoms with Gasteiger partial charge >= 0.3 is 5.97 Å². The largest absolute Gasteiger partial charge is 0.469 e. The summed E-state index contributed by atoms with van der Waals surface area (Å²) in [6, 6.07) is 8.66. The number of ether oxygens (including phenoxy) is 1. The normalized spacial score (nSPS) is 28.1. The van der Waals surface area contributed by atoms with E-state index in [0.717, 1.165) is 38.5 Å². The second-order valence-electron chi connectivity index (χ2n) is 8.96. The van der Waals surface area contributed by atoms with Crippen molar-refractivity contribution in [2.24, 2.45) is 17.3 Å². The van der Waals surface area contributed by atoms with E-state index in [1.54, 1.807) is 24.3 Å². The highest BCUT2D eigenvalue weighted by atomic mass is 32.2. The van der Waals surface area contributed by atoms with Gasteiger partial charge < -0.3 is 4.74 Å². The van der Waals surface area contributed by atoms with Crippen LogP contribution < -0.4 is 4.72 Å². The molecule has 3 aliphatic carbocycles. The maximum Gasteiger partial charge on any atom is 0.305 e. The van der Waals surface area contributed by atoms with Crippen molar-refractivity contribution in [3.05, 3.63) is 42.5 Å². The van der Waals surface area contributed by atoms with Crippen LogP contribution in [0.3, 0.4) is 0 Å². The first-order chi connectivity index (χ1) is 13.7. The number of hydrogen-bond acceptors (Lipinski definition) is 4. The Balaban J connectivity index is 1.69. The highest BCUT2D eigenvalue weighted by Crippen LogP contribution is 2.65. The molecule has 0 aromatic heterocycles. The van der Waals surface area contributed by atoms with E-state index in [4.69, 9.17) is 0 Å². The molecule has 0 radical (unpaired) electrons. The standard InChI is InChI=1S/C23H33NO4S/c1-22(2)19-16-15-18(11-7-4-5-10-14-21(25)28-3)23(22,17-19)24-29(26,27)20-12-8-6-9-13-20/h4,6-9,12-13,18-19,24H,5,10-11,14-17H2,1-3H3/t18-,19-,23+/m1/s1. The van der Waals surface area contributed by atoms with Gasteiger partial charge in [-0.2, -0.15) is 0 Å². The van der Waals surface area contributed by atoms with Crippen molar-refractivity contribution in [2.45, 2.75) is 69.2 Å². The first-order valence-corrected chi connectivity index (χ1v) is 12.0. The molecule has 3 aliphatic rings. The predicted octanol–water partition coefficient (Wildman–Crippen LogP) is 4.45. The molecule has 2 bridgehead atoms. The minimum atomic E-state index is -3.56. The molecule has 1 N–H and O–H groups in total. The van der Waals surface area contributed by atoms with Crippen LogP contribution in [-0.4, -0.2) is 27.0 Å². The zero-order valence-electron chi connectivity index (χ0n) is 17.7. The number of sulfonamides is 1. The third-order valence-corrected chi connectivity index (χ3v) is 8.76. The van der Waals surface area contributed by atoms with Gasteiger partial charge in [0.05, 0.1) is 12.0 Å². The molecule has 0 saturated heterocycles. The third-order valence-electron chi connectivity index (χ3n) is 7.24. The van der Waals surface area contributed by atoms with Crippen LogP contribution in [-0.2, 0) is 19.6 Å². The first kappa shape index (κ1) is 22.0. The van der Waals surface area contributed by atoms with Crippen LogP contribution >= 0.6 is 0 Å². The summed E-state index contributed by atoms with van der Waals surface area (Å²) in [5, 5.41) is 0. The van der Waals surface area contributed by atoms with Gasteiger partial charge in [-0.3, -0.25) is 4.79 Å². The second kappa shape index (κ2) is 8.60. The molecule has 4 rings (SSSR count). The monoisotopic (exact) mass is 419 g/mol. The number of benzene rings is 1. The topological polar surface area (TPSA) is 72.5 Å². The molecule has 0 amide bonds. The Kier molecular flexibility index (Phi) is 6.54. The highest BCUT2D eigenvalue weighted by molar-refractivity contribution is 7.89. The summed E-state index contributed by atoms with van der Waals surface area (Å²) in [5.41, 5.74) is -0.461. The fraction of sp³-hybridized carbons (Fsp3) is 0.609. The van der Waals surface area contributed by atoms with Gasteiger partial charge in [-0.05, 0) is 67.9 Å². The maximum atomic E-state index is 13.1. The molecule has 3 fully saturated rings. The number of fused-ring (bicyclic) bond motifs is 2. The molecule has 0 spiro atoms. The van der Waals surface area contributed by atoms with Crippen molar-refractivity contribution in [1.82, 2.24) is 4.72 Å². The minimum absolute atomic E-state index is 0.0590. The van der Waals surface area contributed by atoms with Gasteiger partial charge in [0.2, 0.25) is 10.0 Å². The number of carbonyl (C=O) groups is 1. The van der Waals surface area contributed by atoms with E-state index in [0.29, 0.717) is 17.2 Å². The van der Waals surface area contributed by atoms with Crippen LogP contribution in [0.1, 0.15) is 58.8 Å². The lowest BCUT2D eigenvalue weighted by atomic mass is 9.41. The highest BCUT2D eigenvalue weighted by Gasteiger charge is 2.66. The Morgan fingerprint density at radius 3 is 2.59 bits per heavy atom. The Morgan fingerprint density at radius 1 is 1.21 bits per heavy atom. The van der Waals surface area contributed by atoms with Crippen molar-refractivity contribution in [2.75, 3.05) is 7.11 Å². The number of unbranched alkanes of at least 4 members (excludes halogenated alkanes) is 1. The van der Waals surface area contributed by atoms with Gasteiger partial charge in [0.25, 0.3) is 0 Å².